The first kappa shape index (κ1) is 14.3. The maximum atomic E-state index is 9.99. The molecule has 2 fully saturated rings. The van der Waals surface area contributed by atoms with Gasteiger partial charge in [0.1, 0.15) is 0 Å². The zero-order valence-corrected chi connectivity index (χ0v) is 11.8. The molecule has 2 saturated heterocycles. The van der Waals surface area contributed by atoms with E-state index in [4.69, 9.17) is 4.74 Å². The van der Waals surface area contributed by atoms with Crippen LogP contribution < -0.4 is 5.32 Å². The van der Waals surface area contributed by atoms with E-state index in [1.165, 1.54) is 19.3 Å². The molecule has 2 heterocycles. The number of aliphatic hydroxyl groups excluding tert-OH is 1. The lowest BCUT2D eigenvalue weighted by atomic mass is 9.98. The summed E-state index contributed by atoms with van der Waals surface area (Å²) in [7, 11) is 0. The van der Waals surface area contributed by atoms with Gasteiger partial charge in [0.05, 0.1) is 25.4 Å². The monoisotopic (exact) mass is 256 g/mol. The Balaban J connectivity index is 1.85. The fourth-order valence-corrected chi connectivity index (χ4v) is 3.07. The minimum atomic E-state index is -0.296. The summed E-state index contributed by atoms with van der Waals surface area (Å²) < 4.78 is 5.40. The average molecular weight is 256 g/mol. The van der Waals surface area contributed by atoms with E-state index in [1.807, 2.05) is 0 Å². The number of nitrogens with zero attached hydrogens (tertiary/aromatic N) is 1. The average Bonchev–Trinajstić information content (AvgIpc) is 2.76. The van der Waals surface area contributed by atoms with Crippen molar-refractivity contribution < 1.29 is 9.84 Å². The number of hydrogen-bond acceptors (Lipinski definition) is 4. The van der Waals surface area contributed by atoms with Crippen LogP contribution in [0.4, 0.5) is 0 Å². The zero-order valence-electron chi connectivity index (χ0n) is 11.8. The number of rotatable bonds is 5. The van der Waals surface area contributed by atoms with Crippen molar-refractivity contribution in [2.75, 3.05) is 32.8 Å². The Morgan fingerprint density at radius 3 is 2.83 bits per heavy atom. The van der Waals surface area contributed by atoms with Gasteiger partial charge in [-0.1, -0.05) is 20.3 Å². The molecule has 2 rings (SSSR count). The topological polar surface area (TPSA) is 44.7 Å². The maximum absolute atomic E-state index is 9.99. The van der Waals surface area contributed by atoms with Crippen LogP contribution in [0.25, 0.3) is 0 Å². The van der Waals surface area contributed by atoms with E-state index in [0.29, 0.717) is 25.2 Å². The molecule has 0 radical (unpaired) electrons. The third-order valence-electron chi connectivity index (χ3n) is 4.05. The van der Waals surface area contributed by atoms with Gasteiger partial charge in [-0.15, -0.1) is 0 Å². The molecule has 0 aromatic rings. The summed E-state index contributed by atoms with van der Waals surface area (Å²) in [6.45, 7) is 8.91. The zero-order chi connectivity index (χ0) is 13.0. The molecule has 0 aromatic carbocycles. The molecule has 2 aliphatic heterocycles. The molecule has 0 saturated carbocycles. The van der Waals surface area contributed by atoms with Crippen molar-refractivity contribution in [3.8, 4) is 0 Å². The van der Waals surface area contributed by atoms with Crippen LogP contribution in [0.15, 0.2) is 0 Å². The lowest BCUT2D eigenvalue weighted by molar-refractivity contribution is 0.0341. The Labute approximate surface area is 111 Å². The molecule has 0 bridgehead atoms. The van der Waals surface area contributed by atoms with Gasteiger partial charge in [-0.25, -0.2) is 0 Å². The second kappa shape index (κ2) is 6.85. The van der Waals surface area contributed by atoms with Crippen LogP contribution in [0.3, 0.4) is 0 Å². The first-order chi connectivity index (χ1) is 8.68. The van der Waals surface area contributed by atoms with Crippen LogP contribution >= 0.6 is 0 Å². The minimum Gasteiger partial charge on any atom is -0.389 e. The highest BCUT2D eigenvalue weighted by atomic mass is 16.5. The van der Waals surface area contributed by atoms with Gasteiger partial charge in [-0.3, -0.25) is 4.90 Å². The highest BCUT2D eigenvalue weighted by Crippen LogP contribution is 2.23. The number of nitrogens with one attached hydrogen (secondary N) is 1. The fraction of sp³-hybridized carbons (Fsp3) is 1.00. The number of hydrogen-bond donors (Lipinski definition) is 2. The molecule has 4 nitrogen and oxygen atoms in total. The van der Waals surface area contributed by atoms with Crippen LogP contribution in [0, 0.1) is 5.92 Å². The van der Waals surface area contributed by atoms with Crippen LogP contribution in [-0.4, -0.2) is 61.0 Å². The molecule has 0 aromatic heterocycles. The normalized spacial score (nSPS) is 34.3. The van der Waals surface area contributed by atoms with Crippen LogP contribution in [0.1, 0.15) is 33.1 Å². The standard InChI is InChI=1S/C14H28N2O2/c1-11(2)7-15-8-12-5-3-4-6-16(12)13-9-18-10-14(13)17/h11-15,17H,3-10H2,1-2H3. The largest absolute Gasteiger partial charge is 0.389 e. The molecule has 0 aliphatic carbocycles. The van der Waals surface area contributed by atoms with E-state index < -0.39 is 0 Å². The predicted octanol–water partition coefficient (Wildman–Crippen LogP) is 0.846. The molecule has 0 amide bonds. The van der Waals surface area contributed by atoms with Gasteiger partial charge in [0, 0.05) is 12.6 Å². The fourth-order valence-electron chi connectivity index (χ4n) is 3.07. The van der Waals surface area contributed by atoms with Crippen molar-refractivity contribution in [3.05, 3.63) is 0 Å². The van der Waals surface area contributed by atoms with Gasteiger partial charge in [0.25, 0.3) is 0 Å². The molecule has 2 aliphatic rings. The molecule has 3 unspecified atom stereocenters. The first-order valence-electron chi connectivity index (χ1n) is 7.40. The Bertz CT molecular complexity index is 248. The third kappa shape index (κ3) is 3.67. The lowest BCUT2D eigenvalue weighted by Gasteiger charge is -2.40. The predicted molar refractivity (Wildman–Crippen MR) is 72.7 cm³/mol. The van der Waals surface area contributed by atoms with Gasteiger partial charge in [0.2, 0.25) is 0 Å². The van der Waals surface area contributed by atoms with E-state index >= 15 is 0 Å². The molecular formula is C14H28N2O2. The molecule has 3 atom stereocenters. The third-order valence-corrected chi connectivity index (χ3v) is 4.05. The Kier molecular flexibility index (Phi) is 5.42. The summed E-state index contributed by atoms with van der Waals surface area (Å²) in [6.07, 6.45) is 3.52. The summed E-state index contributed by atoms with van der Waals surface area (Å²) in [5.41, 5.74) is 0. The minimum absolute atomic E-state index is 0.219. The Morgan fingerprint density at radius 1 is 1.33 bits per heavy atom. The second-order valence-corrected chi connectivity index (χ2v) is 6.11. The molecular weight excluding hydrogens is 228 g/mol. The van der Waals surface area contributed by atoms with Gasteiger partial charge in [-0.05, 0) is 31.8 Å². The molecule has 18 heavy (non-hydrogen) atoms. The van der Waals surface area contributed by atoms with Crippen molar-refractivity contribution >= 4 is 0 Å². The summed E-state index contributed by atoms with van der Waals surface area (Å²) in [5.74, 6) is 0.697. The summed E-state index contributed by atoms with van der Waals surface area (Å²) in [6, 6.07) is 0.787. The lowest BCUT2D eigenvalue weighted by Crippen LogP contribution is -2.54. The number of likely N-dealkylation sites (tertiary alicyclic amines) is 1. The Morgan fingerprint density at radius 2 is 2.17 bits per heavy atom. The van der Waals surface area contributed by atoms with Crippen molar-refractivity contribution in [2.24, 2.45) is 5.92 Å². The van der Waals surface area contributed by atoms with Crippen LogP contribution in [0.2, 0.25) is 0 Å². The van der Waals surface area contributed by atoms with Crippen LogP contribution in [0.5, 0.6) is 0 Å². The van der Waals surface area contributed by atoms with Gasteiger partial charge < -0.3 is 15.2 Å². The van der Waals surface area contributed by atoms with Crippen molar-refractivity contribution in [2.45, 2.75) is 51.3 Å². The van der Waals surface area contributed by atoms with E-state index in [1.54, 1.807) is 0 Å². The van der Waals surface area contributed by atoms with E-state index in [9.17, 15) is 5.11 Å². The molecule has 0 spiro atoms. The van der Waals surface area contributed by atoms with E-state index in [2.05, 4.69) is 24.1 Å². The number of aliphatic hydroxyl groups is 1. The van der Waals surface area contributed by atoms with Crippen LogP contribution in [-0.2, 0) is 4.74 Å². The summed E-state index contributed by atoms with van der Waals surface area (Å²) in [4.78, 5) is 2.48. The Hall–Kier alpha value is -0.160. The van der Waals surface area contributed by atoms with E-state index in [0.717, 1.165) is 19.6 Å². The second-order valence-electron chi connectivity index (χ2n) is 6.11. The van der Waals surface area contributed by atoms with E-state index in [-0.39, 0.29) is 12.1 Å². The highest BCUT2D eigenvalue weighted by Gasteiger charge is 2.36. The molecule has 2 N–H and O–H groups in total. The maximum Gasteiger partial charge on any atom is 0.0950 e. The van der Waals surface area contributed by atoms with Crippen molar-refractivity contribution in [1.82, 2.24) is 10.2 Å². The summed E-state index contributed by atoms with van der Waals surface area (Å²) >= 11 is 0. The number of ether oxygens (including phenoxy) is 1. The van der Waals surface area contributed by atoms with Gasteiger partial charge in [0.15, 0.2) is 0 Å². The van der Waals surface area contributed by atoms with Gasteiger partial charge >= 0.3 is 0 Å². The SMILES string of the molecule is CC(C)CNCC1CCCCN1C1COCC1O. The first-order valence-corrected chi connectivity index (χ1v) is 7.40. The van der Waals surface area contributed by atoms with Crippen molar-refractivity contribution in [3.63, 3.8) is 0 Å². The van der Waals surface area contributed by atoms with Crippen molar-refractivity contribution in [1.29, 1.82) is 0 Å². The smallest absolute Gasteiger partial charge is 0.0950 e. The van der Waals surface area contributed by atoms with Gasteiger partial charge in [-0.2, -0.15) is 0 Å². The molecule has 106 valence electrons. The number of piperidine rings is 1. The quantitative estimate of drug-likeness (QED) is 0.765. The molecule has 4 heteroatoms. The highest BCUT2D eigenvalue weighted by molar-refractivity contribution is 4.90. The summed E-state index contributed by atoms with van der Waals surface area (Å²) in [5, 5.41) is 13.5.